The van der Waals surface area contributed by atoms with Gasteiger partial charge in [-0.15, -0.1) is 0 Å². The van der Waals surface area contributed by atoms with Crippen LogP contribution in [-0.2, 0) is 6.42 Å². The topological polar surface area (TPSA) is 55.8 Å². The average molecular weight is 345 g/mol. The van der Waals surface area contributed by atoms with Gasteiger partial charge in [0, 0.05) is 26.2 Å². The van der Waals surface area contributed by atoms with Gasteiger partial charge in [0.2, 0.25) is 0 Å². The summed E-state index contributed by atoms with van der Waals surface area (Å²) in [6.07, 6.45) is 6.50. The van der Waals surface area contributed by atoms with Crippen LogP contribution in [0.5, 0.6) is 0 Å². The summed E-state index contributed by atoms with van der Waals surface area (Å²) < 4.78 is 0. The molecule has 5 nitrogen and oxygen atoms in total. The van der Waals surface area contributed by atoms with Crippen molar-refractivity contribution in [2.75, 3.05) is 39.3 Å². The second-order valence-electron chi connectivity index (χ2n) is 7.16. The van der Waals surface area contributed by atoms with Gasteiger partial charge in [-0.1, -0.05) is 30.7 Å². The molecule has 2 N–H and O–H groups in total. The van der Waals surface area contributed by atoms with E-state index in [-0.39, 0.29) is 18.7 Å². The molecule has 0 spiro atoms. The molecule has 0 bridgehead atoms. The Morgan fingerprint density at radius 1 is 1.24 bits per heavy atom. The van der Waals surface area contributed by atoms with Crippen molar-refractivity contribution in [1.82, 2.24) is 15.1 Å². The molecule has 1 aliphatic heterocycles. The number of likely N-dealkylation sites (tertiary alicyclic amines) is 1. The molecule has 5 heteroatoms. The standard InChI is InChI=1S/C20H31N3O2/c24-16-6-14-23(19-10-9-17-7-2-3-8-18(17)19)20(25)21-11-15-22-12-4-1-5-13-22/h2-3,7-8,19,24H,1,4-6,9-16H2,(H,21,25). The maximum absolute atomic E-state index is 12.8. The molecule has 1 unspecified atom stereocenters. The quantitative estimate of drug-likeness (QED) is 0.798. The smallest absolute Gasteiger partial charge is 0.317 e. The minimum absolute atomic E-state index is 0.00663. The number of urea groups is 1. The predicted molar refractivity (Wildman–Crippen MR) is 99.6 cm³/mol. The number of hydrogen-bond donors (Lipinski definition) is 2. The van der Waals surface area contributed by atoms with Crippen molar-refractivity contribution in [3.63, 3.8) is 0 Å². The zero-order valence-electron chi connectivity index (χ0n) is 15.1. The number of aryl methyl sites for hydroxylation is 1. The molecule has 2 amide bonds. The van der Waals surface area contributed by atoms with E-state index in [0.29, 0.717) is 19.5 Å². The molecule has 1 heterocycles. The van der Waals surface area contributed by atoms with Gasteiger partial charge in [-0.05, 0) is 56.3 Å². The van der Waals surface area contributed by atoms with Crippen molar-refractivity contribution < 1.29 is 9.90 Å². The molecule has 1 atom stereocenters. The molecule has 138 valence electrons. The van der Waals surface area contributed by atoms with Gasteiger partial charge in [0.05, 0.1) is 6.04 Å². The summed E-state index contributed by atoms with van der Waals surface area (Å²) in [4.78, 5) is 17.2. The van der Waals surface area contributed by atoms with E-state index in [0.717, 1.165) is 32.5 Å². The summed E-state index contributed by atoms with van der Waals surface area (Å²) in [5, 5.41) is 12.3. The van der Waals surface area contributed by atoms with Gasteiger partial charge in [-0.2, -0.15) is 0 Å². The number of benzene rings is 1. The van der Waals surface area contributed by atoms with Crippen molar-refractivity contribution in [2.24, 2.45) is 0 Å². The Morgan fingerprint density at radius 3 is 2.84 bits per heavy atom. The number of aliphatic hydroxyl groups excluding tert-OH is 1. The van der Waals surface area contributed by atoms with E-state index >= 15 is 0 Å². The Morgan fingerprint density at radius 2 is 2.04 bits per heavy atom. The fourth-order valence-electron chi connectivity index (χ4n) is 4.10. The number of rotatable bonds is 7. The monoisotopic (exact) mass is 345 g/mol. The molecule has 25 heavy (non-hydrogen) atoms. The zero-order valence-corrected chi connectivity index (χ0v) is 15.1. The van der Waals surface area contributed by atoms with Crippen LogP contribution in [0.4, 0.5) is 4.79 Å². The SMILES string of the molecule is O=C(NCCN1CCCCC1)N(CCCO)C1CCc2ccccc21. The number of fused-ring (bicyclic) bond motifs is 1. The fraction of sp³-hybridized carbons (Fsp3) is 0.650. The van der Waals surface area contributed by atoms with Crippen LogP contribution in [-0.4, -0.2) is 60.3 Å². The second kappa shape index (κ2) is 9.20. The minimum Gasteiger partial charge on any atom is -0.396 e. The number of piperidine rings is 1. The van der Waals surface area contributed by atoms with Gasteiger partial charge in [0.1, 0.15) is 0 Å². The Labute approximate surface area is 151 Å². The first-order valence-electron chi connectivity index (χ1n) is 9.75. The molecule has 1 aromatic rings. The zero-order chi connectivity index (χ0) is 17.5. The van der Waals surface area contributed by atoms with Crippen LogP contribution in [0.25, 0.3) is 0 Å². The van der Waals surface area contributed by atoms with Crippen molar-refractivity contribution in [1.29, 1.82) is 0 Å². The lowest BCUT2D eigenvalue weighted by Crippen LogP contribution is -2.45. The van der Waals surface area contributed by atoms with Gasteiger partial charge >= 0.3 is 6.03 Å². The van der Waals surface area contributed by atoms with E-state index in [2.05, 4.69) is 34.5 Å². The Hall–Kier alpha value is -1.59. The van der Waals surface area contributed by atoms with Crippen LogP contribution in [0.15, 0.2) is 24.3 Å². The van der Waals surface area contributed by atoms with Gasteiger partial charge < -0.3 is 20.2 Å². The van der Waals surface area contributed by atoms with E-state index in [1.807, 2.05) is 4.90 Å². The van der Waals surface area contributed by atoms with Crippen LogP contribution < -0.4 is 5.32 Å². The lowest BCUT2D eigenvalue weighted by molar-refractivity contribution is 0.162. The molecular weight excluding hydrogens is 314 g/mol. The van der Waals surface area contributed by atoms with E-state index in [1.165, 1.54) is 30.4 Å². The first kappa shape index (κ1) is 18.2. The summed E-state index contributed by atoms with van der Waals surface area (Å²) in [6, 6.07) is 8.56. The van der Waals surface area contributed by atoms with Crippen molar-refractivity contribution >= 4 is 6.03 Å². The summed E-state index contributed by atoms with van der Waals surface area (Å²) in [5.74, 6) is 0. The molecular formula is C20H31N3O2. The highest BCUT2D eigenvalue weighted by atomic mass is 16.3. The first-order chi connectivity index (χ1) is 12.3. The molecule has 0 aromatic heterocycles. The van der Waals surface area contributed by atoms with E-state index in [1.54, 1.807) is 0 Å². The number of aliphatic hydroxyl groups is 1. The third kappa shape index (κ3) is 4.73. The number of nitrogens with one attached hydrogen (secondary N) is 1. The molecule has 1 fully saturated rings. The summed E-state index contributed by atoms with van der Waals surface area (Å²) >= 11 is 0. The molecule has 2 aliphatic rings. The van der Waals surface area contributed by atoms with Gasteiger partial charge in [-0.25, -0.2) is 4.79 Å². The first-order valence-corrected chi connectivity index (χ1v) is 9.75. The predicted octanol–water partition coefficient (Wildman–Crippen LogP) is 2.55. The van der Waals surface area contributed by atoms with Gasteiger partial charge in [-0.3, -0.25) is 0 Å². The van der Waals surface area contributed by atoms with E-state index in [4.69, 9.17) is 0 Å². The van der Waals surface area contributed by atoms with Crippen LogP contribution in [0.3, 0.4) is 0 Å². The van der Waals surface area contributed by atoms with E-state index < -0.39 is 0 Å². The van der Waals surface area contributed by atoms with E-state index in [9.17, 15) is 9.90 Å². The second-order valence-corrected chi connectivity index (χ2v) is 7.16. The average Bonchev–Trinajstić information content (AvgIpc) is 3.07. The Bertz CT molecular complexity index is 558. The van der Waals surface area contributed by atoms with Crippen LogP contribution in [0.1, 0.15) is 49.3 Å². The normalized spacial score (nSPS) is 20.3. The molecule has 1 aromatic carbocycles. The highest BCUT2D eigenvalue weighted by molar-refractivity contribution is 5.75. The highest BCUT2D eigenvalue weighted by Gasteiger charge is 2.30. The molecule has 3 rings (SSSR count). The molecule has 1 aliphatic carbocycles. The molecule has 0 saturated carbocycles. The lowest BCUT2D eigenvalue weighted by Gasteiger charge is -2.31. The van der Waals surface area contributed by atoms with Crippen molar-refractivity contribution in [3.8, 4) is 0 Å². The molecule has 0 radical (unpaired) electrons. The third-order valence-corrected chi connectivity index (χ3v) is 5.45. The molecule has 1 saturated heterocycles. The third-order valence-electron chi connectivity index (χ3n) is 5.45. The lowest BCUT2D eigenvalue weighted by atomic mass is 10.1. The van der Waals surface area contributed by atoms with Crippen molar-refractivity contribution in [2.45, 2.75) is 44.6 Å². The summed E-state index contributed by atoms with van der Waals surface area (Å²) in [7, 11) is 0. The summed E-state index contributed by atoms with van der Waals surface area (Å²) in [5.41, 5.74) is 2.62. The number of amides is 2. The number of nitrogens with zero attached hydrogens (tertiary/aromatic N) is 2. The van der Waals surface area contributed by atoms with Crippen LogP contribution in [0, 0.1) is 0 Å². The van der Waals surface area contributed by atoms with Crippen LogP contribution in [0.2, 0.25) is 0 Å². The van der Waals surface area contributed by atoms with Crippen LogP contribution >= 0.6 is 0 Å². The highest BCUT2D eigenvalue weighted by Crippen LogP contribution is 2.35. The Balaban J connectivity index is 1.57. The fourth-order valence-corrected chi connectivity index (χ4v) is 4.10. The number of hydrogen-bond acceptors (Lipinski definition) is 3. The largest absolute Gasteiger partial charge is 0.396 e. The maximum atomic E-state index is 12.8. The van der Waals surface area contributed by atoms with Crippen molar-refractivity contribution in [3.05, 3.63) is 35.4 Å². The minimum atomic E-state index is 0.00663. The maximum Gasteiger partial charge on any atom is 0.317 e. The number of carbonyl (C=O) groups excluding carboxylic acids is 1. The van der Waals surface area contributed by atoms with Gasteiger partial charge in [0.25, 0.3) is 0 Å². The summed E-state index contributed by atoms with van der Waals surface area (Å²) in [6.45, 7) is 4.65. The number of carbonyl (C=O) groups is 1. The Kier molecular flexibility index (Phi) is 6.70. The van der Waals surface area contributed by atoms with Gasteiger partial charge in [0.15, 0.2) is 0 Å².